The minimum absolute atomic E-state index is 0.126. The van der Waals surface area contributed by atoms with Gasteiger partial charge < -0.3 is 10.4 Å². The van der Waals surface area contributed by atoms with Gasteiger partial charge in [0.05, 0.1) is 6.10 Å². The number of fused-ring (bicyclic) bond motifs is 2. The summed E-state index contributed by atoms with van der Waals surface area (Å²) in [5.74, 6) is 0.942. The van der Waals surface area contributed by atoms with Gasteiger partial charge in [-0.1, -0.05) is 0 Å². The highest BCUT2D eigenvalue weighted by Gasteiger charge is 2.43. The summed E-state index contributed by atoms with van der Waals surface area (Å²) in [5, 5.41) is 13.0. The van der Waals surface area contributed by atoms with Crippen LogP contribution in [0, 0.1) is 5.92 Å². The van der Waals surface area contributed by atoms with Gasteiger partial charge in [-0.15, -0.1) is 0 Å². The van der Waals surface area contributed by atoms with E-state index in [0.29, 0.717) is 6.04 Å². The second kappa shape index (κ2) is 2.94. The van der Waals surface area contributed by atoms with E-state index < -0.39 is 0 Å². The predicted octanol–water partition coefficient (Wildman–Crippen LogP) is -0.197. The summed E-state index contributed by atoms with van der Waals surface area (Å²) < 4.78 is 0. The van der Waals surface area contributed by atoms with Gasteiger partial charge in [-0.25, -0.2) is 0 Å². The standard InChI is InChI=1S/C10H18N2O/c13-10-5-11-4-9(10)12-6-7-1-2-8(12)3-7/h7-11,13H,1-6H2. The fourth-order valence-electron chi connectivity index (χ4n) is 3.36. The molecular weight excluding hydrogens is 164 g/mol. The van der Waals surface area contributed by atoms with Crippen molar-refractivity contribution in [2.24, 2.45) is 5.92 Å². The molecule has 13 heavy (non-hydrogen) atoms. The Labute approximate surface area is 79.1 Å². The van der Waals surface area contributed by atoms with Crippen molar-refractivity contribution in [1.29, 1.82) is 0 Å². The van der Waals surface area contributed by atoms with Crippen molar-refractivity contribution in [3.63, 3.8) is 0 Å². The summed E-state index contributed by atoms with van der Waals surface area (Å²) in [7, 11) is 0. The van der Waals surface area contributed by atoms with Gasteiger partial charge in [-0.3, -0.25) is 4.90 Å². The van der Waals surface area contributed by atoms with E-state index in [1.165, 1.54) is 25.8 Å². The van der Waals surface area contributed by atoms with E-state index in [9.17, 15) is 5.11 Å². The molecule has 3 nitrogen and oxygen atoms in total. The van der Waals surface area contributed by atoms with Crippen LogP contribution in [-0.2, 0) is 0 Å². The molecule has 3 aliphatic rings. The largest absolute Gasteiger partial charge is 0.390 e. The van der Waals surface area contributed by atoms with Crippen molar-refractivity contribution in [1.82, 2.24) is 10.2 Å². The van der Waals surface area contributed by atoms with Crippen molar-refractivity contribution in [2.75, 3.05) is 19.6 Å². The first-order valence-electron chi connectivity index (χ1n) is 5.49. The number of rotatable bonds is 1. The number of piperidine rings is 1. The summed E-state index contributed by atoms with van der Waals surface area (Å²) >= 11 is 0. The van der Waals surface area contributed by atoms with Gasteiger partial charge in [0.25, 0.3) is 0 Å². The molecule has 2 bridgehead atoms. The molecule has 2 N–H and O–H groups in total. The smallest absolute Gasteiger partial charge is 0.0831 e. The van der Waals surface area contributed by atoms with Crippen LogP contribution in [0.3, 0.4) is 0 Å². The maximum absolute atomic E-state index is 9.77. The van der Waals surface area contributed by atoms with Crippen molar-refractivity contribution < 1.29 is 5.11 Å². The van der Waals surface area contributed by atoms with Gasteiger partial charge in [-0.2, -0.15) is 0 Å². The topological polar surface area (TPSA) is 35.5 Å². The average Bonchev–Trinajstić information content (AvgIpc) is 2.77. The van der Waals surface area contributed by atoms with Crippen molar-refractivity contribution in [3.8, 4) is 0 Å². The van der Waals surface area contributed by atoms with Gasteiger partial charge in [0, 0.05) is 31.7 Å². The average molecular weight is 182 g/mol. The molecular formula is C10H18N2O. The minimum Gasteiger partial charge on any atom is -0.390 e. The molecule has 3 fully saturated rings. The van der Waals surface area contributed by atoms with E-state index in [1.54, 1.807) is 0 Å². The van der Waals surface area contributed by atoms with Crippen LogP contribution in [0.25, 0.3) is 0 Å². The van der Waals surface area contributed by atoms with Gasteiger partial charge in [0.2, 0.25) is 0 Å². The number of aliphatic hydroxyl groups is 1. The van der Waals surface area contributed by atoms with E-state index in [4.69, 9.17) is 0 Å². The fraction of sp³-hybridized carbons (Fsp3) is 1.00. The SMILES string of the molecule is OC1CNCC1N1CC2CCC1C2. The first kappa shape index (κ1) is 8.21. The number of nitrogens with zero attached hydrogens (tertiary/aromatic N) is 1. The maximum atomic E-state index is 9.77. The Balaban J connectivity index is 1.72. The third-order valence-electron chi connectivity index (χ3n) is 4.03. The molecule has 0 spiro atoms. The number of hydrogen-bond donors (Lipinski definition) is 2. The zero-order chi connectivity index (χ0) is 8.84. The molecule has 2 heterocycles. The Morgan fingerprint density at radius 1 is 1.23 bits per heavy atom. The van der Waals surface area contributed by atoms with E-state index >= 15 is 0 Å². The lowest BCUT2D eigenvalue weighted by molar-refractivity contribution is 0.0629. The highest BCUT2D eigenvalue weighted by Crippen LogP contribution is 2.39. The zero-order valence-corrected chi connectivity index (χ0v) is 7.95. The van der Waals surface area contributed by atoms with E-state index in [0.717, 1.165) is 25.0 Å². The van der Waals surface area contributed by atoms with Crippen LogP contribution in [0.2, 0.25) is 0 Å². The Bertz CT molecular complexity index is 209. The number of aliphatic hydroxyl groups excluding tert-OH is 1. The quantitative estimate of drug-likeness (QED) is 0.590. The highest BCUT2D eigenvalue weighted by molar-refractivity contribution is 4.99. The molecule has 2 saturated heterocycles. The third-order valence-corrected chi connectivity index (χ3v) is 4.03. The summed E-state index contributed by atoms with van der Waals surface area (Å²) in [6.45, 7) is 3.02. The van der Waals surface area contributed by atoms with Crippen LogP contribution in [0.4, 0.5) is 0 Å². The molecule has 1 aliphatic carbocycles. The Morgan fingerprint density at radius 2 is 2.15 bits per heavy atom. The van der Waals surface area contributed by atoms with Crippen LogP contribution >= 0.6 is 0 Å². The first-order valence-corrected chi connectivity index (χ1v) is 5.49. The van der Waals surface area contributed by atoms with Crippen LogP contribution in [0.15, 0.2) is 0 Å². The van der Waals surface area contributed by atoms with Crippen LogP contribution in [-0.4, -0.2) is 47.8 Å². The van der Waals surface area contributed by atoms with Gasteiger partial charge in [0.15, 0.2) is 0 Å². The van der Waals surface area contributed by atoms with Crippen LogP contribution in [0.5, 0.6) is 0 Å². The fourth-order valence-corrected chi connectivity index (χ4v) is 3.36. The number of hydrogen-bond acceptors (Lipinski definition) is 3. The molecule has 1 saturated carbocycles. The molecule has 0 radical (unpaired) electrons. The first-order chi connectivity index (χ1) is 6.34. The van der Waals surface area contributed by atoms with Crippen molar-refractivity contribution >= 4 is 0 Å². The normalized spacial score (nSPS) is 50.5. The third kappa shape index (κ3) is 1.22. The van der Waals surface area contributed by atoms with E-state index in [2.05, 4.69) is 10.2 Å². The second-order valence-corrected chi connectivity index (χ2v) is 4.82. The summed E-state index contributed by atoms with van der Waals surface area (Å²) in [4.78, 5) is 2.55. The molecule has 4 unspecified atom stereocenters. The summed E-state index contributed by atoms with van der Waals surface area (Å²) in [6, 6.07) is 1.21. The van der Waals surface area contributed by atoms with Gasteiger partial charge >= 0.3 is 0 Å². The molecule has 74 valence electrons. The van der Waals surface area contributed by atoms with E-state index in [1.807, 2.05) is 0 Å². The molecule has 2 aliphatic heterocycles. The zero-order valence-electron chi connectivity index (χ0n) is 7.95. The Kier molecular flexibility index (Phi) is 1.86. The summed E-state index contributed by atoms with van der Waals surface area (Å²) in [6.07, 6.45) is 4.06. The molecule has 0 aromatic heterocycles. The number of β-amino-alcohol motifs (C(OH)–C–C–N with tert-alkyl or cyclic N) is 1. The molecule has 3 heteroatoms. The maximum Gasteiger partial charge on any atom is 0.0831 e. The monoisotopic (exact) mass is 182 g/mol. The molecule has 0 aromatic rings. The van der Waals surface area contributed by atoms with Gasteiger partial charge in [0.1, 0.15) is 0 Å². The number of nitrogens with one attached hydrogen (secondary N) is 1. The summed E-state index contributed by atoms with van der Waals surface area (Å²) in [5.41, 5.74) is 0. The molecule has 0 aromatic carbocycles. The van der Waals surface area contributed by atoms with Crippen molar-refractivity contribution in [3.05, 3.63) is 0 Å². The molecule has 0 amide bonds. The number of likely N-dealkylation sites (tertiary alicyclic amines) is 1. The highest BCUT2D eigenvalue weighted by atomic mass is 16.3. The second-order valence-electron chi connectivity index (χ2n) is 4.82. The lowest BCUT2D eigenvalue weighted by Gasteiger charge is -2.33. The van der Waals surface area contributed by atoms with Crippen LogP contribution < -0.4 is 5.32 Å². The lowest BCUT2D eigenvalue weighted by Crippen LogP contribution is -2.47. The Hall–Kier alpha value is -0.120. The van der Waals surface area contributed by atoms with Gasteiger partial charge in [-0.05, 0) is 25.2 Å². The Morgan fingerprint density at radius 3 is 2.69 bits per heavy atom. The predicted molar refractivity (Wildman–Crippen MR) is 50.5 cm³/mol. The minimum atomic E-state index is -0.126. The molecule has 3 rings (SSSR count). The van der Waals surface area contributed by atoms with E-state index in [-0.39, 0.29) is 6.10 Å². The van der Waals surface area contributed by atoms with Crippen molar-refractivity contribution in [2.45, 2.75) is 37.5 Å². The lowest BCUT2D eigenvalue weighted by atomic mass is 10.1. The van der Waals surface area contributed by atoms with Crippen LogP contribution in [0.1, 0.15) is 19.3 Å². The molecule has 4 atom stereocenters.